The highest BCUT2D eigenvalue weighted by Gasteiger charge is 2.35. The number of hydrogen-bond acceptors (Lipinski definition) is 3. The fourth-order valence-corrected chi connectivity index (χ4v) is 3.57. The highest BCUT2D eigenvalue weighted by atomic mass is 35.5. The molecular weight excluding hydrogens is 312 g/mol. The third-order valence-corrected chi connectivity index (χ3v) is 5.21. The summed E-state index contributed by atoms with van der Waals surface area (Å²) < 4.78 is 5.75. The van der Waals surface area contributed by atoms with E-state index < -0.39 is 0 Å². The van der Waals surface area contributed by atoms with Crippen molar-refractivity contribution in [1.82, 2.24) is 4.90 Å². The number of rotatable bonds is 3. The summed E-state index contributed by atoms with van der Waals surface area (Å²) >= 11 is 0. The lowest BCUT2D eigenvalue weighted by Gasteiger charge is -2.33. The van der Waals surface area contributed by atoms with Crippen molar-refractivity contribution in [2.45, 2.75) is 39.0 Å². The van der Waals surface area contributed by atoms with Crippen LogP contribution in [0.15, 0.2) is 12.1 Å². The van der Waals surface area contributed by atoms with E-state index in [0.717, 1.165) is 50.2 Å². The molecule has 0 bridgehead atoms. The summed E-state index contributed by atoms with van der Waals surface area (Å²) in [5, 5.41) is 0. The van der Waals surface area contributed by atoms with E-state index in [1.54, 1.807) is 0 Å². The zero-order valence-electron chi connectivity index (χ0n) is 14.0. The van der Waals surface area contributed by atoms with Crippen LogP contribution in [0.3, 0.4) is 0 Å². The second kappa shape index (κ2) is 7.54. The van der Waals surface area contributed by atoms with Gasteiger partial charge in [0.05, 0.1) is 0 Å². The van der Waals surface area contributed by atoms with E-state index in [4.69, 9.17) is 10.5 Å². The molecule has 1 aromatic rings. The van der Waals surface area contributed by atoms with Crippen LogP contribution < -0.4 is 10.5 Å². The SMILES string of the molecule is Cc1cc2c(cc1C)[C@H](C(=O)N1CCC(CCN)CC1)CO2.Cl. The van der Waals surface area contributed by atoms with E-state index in [-0.39, 0.29) is 24.2 Å². The first-order valence-corrected chi connectivity index (χ1v) is 8.33. The Bertz CT molecular complexity index is 568. The van der Waals surface area contributed by atoms with Crippen molar-refractivity contribution < 1.29 is 9.53 Å². The average molecular weight is 339 g/mol. The second-order valence-corrected chi connectivity index (χ2v) is 6.68. The number of hydrogen-bond donors (Lipinski definition) is 1. The minimum absolute atomic E-state index is 0. The van der Waals surface area contributed by atoms with Crippen molar-refractivity contribution in [3.63, 3.8) is 0 Å². The van der Waals surface area contributed by atoms with Gasteiger partial charge in [-0.05, 0) is 62.8 Å². The molecule has 5 heteroatoms. The largest absolute Gasteiger partial charge is 0.492 e. The summed E-state index contributed by atoms with van der Waals surface area (Å²) in [4.78, 5) is 14.9. The van der Waals surface area contributed by atoms with Crippen LogP contribution in [-0.2, 0) is 4.79 Å². The van der Waals surface area contributed by atoms with Crippen LogP contribution in [0.2, 0.25) is 0 Å². The van der Waals surface area contributed by atoms with Crippen molar-refractivity contribution in [2.24, 2.45) is 11.7 Å². The van der Waals surface area contributed by atoms with Gasteiger partial charge in [0, 0.05) is 18.7 Å². The van der Waals surface area contributed by atoms with Gasteiger partial charge in [0.25, 0.3) is 0 Å². The fourth-order valence-electron chi connectivity index (χ4n) is 3.57. The van der Waals surface area contributed by atoms with Crippen LogP contribution in [0.1, 0.15) is 41.9 Å². The van der Waals surface area contributed by atoms with Gasteiger partial charge in [-0.3, -0.25) is 4.79 Å². The molecular formula is C18H27ClN2O2. The number of aryl methyl sites for hydroxylation is 2. The van der Waals surface area contributed by atoms with Crippen molar-refractivity contribution >= 4 is 18.3 Å². The number of nitrogens with two attached hydrogens (primary N) is 1. The Labute approximate surface area is 144 Å². The van der Waals surface area contributed by atoms with Crippen LogP contribution in [0, 0.1) is 19.8 Å². The summed E-state index contributed by atoms with van der Waals surface area (Å²) in [5.41, 5.74) is 9.15. The molecule has 2 heterocycles. The quantitative estimate of drug-likeness (QED) is 0.922. The third kappa shape index (κ3) is 3.64. The molecule has 1 aromatic carbocycles. The van der Waals surface area contributed by atoms with Gasteiger partial charge in [0.2, 0.25) is 5.91 Å². The molecule has 128 valence electrons. The van der Waals surface area contributed by atoms with Gasteiger partial charge in [-0.1, -0.05) is 6.07 Å². The second-order valence-electron chi connectivity index (χ2n) is 6.68. The Balaban J connectivity index is 0.00000192. The van der Waals surface area contributed by atoms with Crippen LogP contribution in [-0.4, -0.2) is 37.0 Å². The van der Waals surface area contributed by atoms with Crippen LogP contribution in [0.25, 0.3) is 0 Å². The molecule has 1 fully saturated rings. The Morgan fingerprint density at radius 1 is 1.26 bits per heavy atom. The number of fused-ring (bicyclic) bond motifs is 1. The Kier molecular flexibility index (Phi) is 5.93. The highest BCUT2D eigenvalue weighted by Crippen LogP contribution is 2.37. The van der Waals surface area contributed by atoms with Gasteiger partial charge < -0.3 is 15.4 Å². The monoisotopic (exact) mass is 338 g/mol. The van der Waals surface area contributed by atoms with E-state index >= 15 is 0 Å². The molecule has 3 rings (SSSR count). The van der Waals surface area contributed by atoms with Gasteiger partial charge >= 0.3 is 0 Å². The number of carbonyl (C=O) groups is 1. The van der Waals surface area contributed by atoms with Gasteiger partial charge in [0.1, 0.15) is 18.3 Å². The van der Waals surface area contributed by atoms with Crippen LogP contribution >= 0.6 is 12.4 Å². The molecule has 0 spiro atoms. The zero-order chi connectivity index (χ0) is 15.7. The highest BCUT2D eigenvalue weighted by molar-refractivity contribution is 5.86. The topological polar surface area (TPSA) is 55.6 Å². The van der Waals surface area contributed by atoms with Gasteiger partial charge in [-0.15, -0.1) is 12.4 Å². The Morgan fingerprint density at radius 3 is 2.57 bits per heavy atom. The van der Waals surface area contributed by atoms with Crippen LogP contribution in [0.4, 0.5) is 0 Å². The molecule has 1 amide bonds. The van der Waals surface area contributed by atoms with E-state index in [9.17, 15) is 4.79 Å². The minimum atomic E-state index is -0.125. The smallest absolute Gasteiger partial charge is 0.233 e. The van der Waals surface area contributed by atoms with Crippen LogP contribution in [0.5, 0.6) is 5.75 Å². The molecule has 1 atom stereocenters. The standard InChI is InChI=1S/C18H26N2O2.ClH/c1-12-9-15-16(11-22-17(15)10-13(12)2)18(21)20-7-4-14(3-6-19)5-8-20;/h9-10,14,16H,3-8,11,19H2,1-2H3;1H/t16-;/m1./s1. The number of carbonyl (C=O) groups excluding carboxylic acids is 1. The molecule has 0 aliphatic carbocycles. The van der Waals surface area contributed by atoms with Gasteiger partial charge in [0.15, 0.2) is 0 Å². The molecule has 0 radical (unpaired) electrons. The Hall–Kier alpha value is -1.26. The van der Waals surface area contributed by atoms with Crippen molar-refractivity contribution in [3.8, 4) is 5.75 Å². The van der Waals surface area contributed by atoms with E-state index in [1.807, 2.05) is 4.90 Å². The number of likely N-dealkylation sites (tertiary alicyclic amines) is 1. The van der Waals surface area contributed by atoms with Gasteiger partial charge in [-0.25, -0.2) is 0 Å². The number of benzene rings is 1. The maximum Gasteiger partial charge on any atom is 0.233 e. The maximum absolute atomic E-state index is 12.8. The first kappa shape index (κ1) is 18.1. The molecule has 0 aromatic heterocycles. The molecule has 2 N–H and O–H groups in total. The Morgan fingerprint density at radius 2 is 1.91 bits per heavy atom. The lowest BCUT2D eigenvalue weighted by Crippen LogP contribution is -2.41. The van der Waals surface area contributed by atoms with Crippen molar-refractivity contribution in [1.29, 1.82) is 0 Å². The predicted molar refractivity (Wildman–Crippen MR) is 94.4 cm³/mol. The number of halogens is 1. The number of nitrogens with zero attached hydrogens (tertiary/aromatic N) is 1. The maximum atomic E-state index is 12.8. The first-order valence-electron chi connectivity index (χ1n) is 8.33. The number of piperidine rings is 1. The van der Waals surface area contributed by atoms with E-state index in [1.165, 1.54) is 11.1 Å². The summed E-state index contributed by atoms with van der Waals surface area (Å²) in [6.07, 6.45) is 3.24. The number of ether oxygens (including phenoxy) is 1. The molecule has 0 saturated carbocycles. The lowest BCUT2D eigenvalue weighted by atomic mass is 9.91. The fraction of sp³-hybridized carbons (Fsp3) is 0.611. The summed E-state index contributed by atoms with van der Waals surface area (Å²) in [6.45, 7) is 7.13. The third-order valence-electron chi connectivity index (χ3n) is 5.21. The summed E-state index contributed by atoms with van der Waals surface area (Å²) in [7, 11) is 0. The molecule has 0 unspecified atom stereocenters. The van der Waals surface area contributed by atoms with E-state index in [2.05, 4.69) is 26.0 Å². The summed E-state index contributed by atoms with van der Waals surface area (Å²) in [5.74, 6) is 1.68. The molecule has 2 aliphatic rings. The minimum Gasteiger partial charge on any atom is -0.492 e. The van der Waals surface area contributed by atoms with Crippen molar-refractivity contribution in [2.75, 3.05) is 26.2 Å². The zero-order valence-corrected chi connectivity index (χ0v) is 14.8. The average Bonchev–Trinajstić information content (AvgIpc) is 2.91. The lowest BCUT2D eigenvalue weighted by molar-refractivity contribution is -0.134. The van der Waals surface area contributed by atoms with Crippen molar-refractivity contribution in [3.05, 3.63) is 28.8 Å². The molecule has 2 aliphatic heterocycles. The first-order chi connectivity index (χ1) is 10.6. The molecule has 4 nitrogen and oxygen atoms in total. The number of amides is 1. The van der Waals surface area contributed by atoms with E-state index in [0.29, 0.717) is 12.5 Å². The molecule has 23 heavy (non-hydrogen) atoms. The predicted octanol–water partition coefficient (Wildman–Crippen LogP) is 2.79. The summed E-state index contributed by atoms with van der Waals surface area (Å²) in [6, 6.07) is 4.19. The molecule has 1 saturated heterocycles. The van der Waals surface area contributed by atoms with Gasteiger partial charge in [-0.2, -0.15) is 0 Å². The normalized spacial score (nSPS) is 20.7.